The zero-order chi connectivity index (χ0) is 15.8. The Hall–Kier alpha value is -1.70. The van der Waals surface area contributed by atoms with Crippen molar-refractivity contribution < 1.29 is 19.1 Å². The average molecular weight is 329 g/mol. The van der Waals surface area contributed by atoms with Crippen molar-refractivity contribution in [2.24, 2.45) is 0 Å². The van der Waals surface area contributed by atoms with Crippen LogP contribution in [0, 0.1) is 12.3 Å². The number of halogens is 2. The lowest BCUT2D eigenvalue weighted by molar-refractivity contribution is -0.146. The third-order valence-electron chi connectivity index (χ3n) is 2.44. The first-order valence-electron chi connectivity index (χ1n) is 6.24. The topological polar surface area (TPSA) is 52.6 Å². The molecule has 1 aromatic rings. The molecule has 0 aliphatic carbocycles. The first-order valence-corrected chi connectivity index (χ1v) is 7.00. The van der Waals surface area contributed by atoms with Crippen molar-refractivity contribution in [3.05, 3.63) is 28.2 Å². The lowest BCUT2D eigenvalue weighted by atomic mass is 10.2. The Labute approximate surface area is 133 Å². The van der Waals surface area contributed by atoms with Gasteiger partial charge in [-0.2, -0.15) is 0 Å². The van der Waals surface area contributed by atoms with Crippen LogP contribution >= 0.6 is 23.2 Å². The smallest absolute Gasteiger partial charge is 0.311 e. The van der Waals surface area contributed by atoms with Crippen LogP contribution in [0.15, 0.2) is 18.2 Å². The summed E-state index contributed by atoms with van der Waals surface area (Å²) >= 11 is 11.8. The Kier molecular flexibility index (Phi) is 7.07. The van der Waals surface area contributed by atoms with E-state index in [1.165, 1.54) is 0 Å². The van der Waals surface area contributed by atoms with Gasteiger partial charge in [-0.15, -0.1) is 6.42 Å². The largest absolute Gasteiger partial charge is 0.449 e. The van der Waals surface area contributed by atoms with Crippen molar-refractivity contribution in [2.45, 2.75) is 32.3 Å². The van der Waals surface area contributed by atoms with Gasteiger partial charge in [0, 0.05) is 12.8 Å². The highest BCUT2D eigenvalue weighted by Gasteiger charge is 2.13. The molecule has 1 aromatic carbocycles. The van der Waals surface area contributed by atoms with Crippen LogP contribution in [-0.2, 0) is 14.3 Å². The van der Waals surface area contributed by atoms with Gasteiger partial charge in [0.15, 0.2) is 11.9 Å². The molecular formula is C15H14Cl2O4. The van der Waals surface area contributed by atoms with Gasteiger partial charge in [0.25, 0.3) is 0 Å². The number of ether oxygens (including phenoxy) is 2. The molecule has 6 heteroatoms. The number of hydrogen-bond acceptors (Lipinski definition) is 4. The monoisotopic (exact) mass is 328 g/mol. The van der Waals surface area contributed by atoms with E-state index in [9.17, 15) is 9.59 Å². The molecule has 0 amide bonds. The third-order valence-corrected chi connectivity index (χ3v) is 3.03. The van der Waals surface area contributed by atoms with E-state index in [4.69, 9.17) is 39.1 Å². The summed E-state index contributed by atoms with van der Waals surface area (Å²) < 4.78 is 9.94. The highest BCUT2D eigenvalue weighted by atomic mass is 35.5. The summed E-state index contributed by atoms with van der Waals surface area (Å²) in [6.07, 6.45) is 4.92. The number of para-hydroxylation sites is 1. The molecule has 0 saturated heterocycles. The Bertz CT molecular complexity index is 543. The minimum Gasteiger partial charge on any atom is -0.449 e. The molecule has 0 saturated carbocycles. The summed E-state index contributed by atoms with van der Waals surface area (Å²) in [4.78, 5) is 23.0. The van der Waals surface area contributed by atoms with Crippen LogP contribution in [-0.4, -0.2) is 18.0 Å². The van der Waals surface area contributed by atoms with Crippen molar-refractivity contribution in [1.82, 2.24) is 0 Å². The highest BCUT2D eigenvalue weighted by Crippen LogP contribution is 2.32. The molecule has 1 atom stereocenters. The van der Waals surface area contributed by atoms with Crippen molar-refractivity contribution in [1.29, 1.82) is 0 Å². The van der Waals surface area contributed by atoms with Gasteiger partial charge in [-0.3, -0.25) is 9.59 Å². The maximum absolute atomic E-state index is 11.7. The van der Waals surface area contributed by atoms with E-state index in [1.54, 1.807) is 25.1 Å². The number of rotatable bonds is 6. The fraction of sp³-hybridized carbons (Fsp3) is 0.333. The maximum Gasteiger partial charge on any atom is 0.311 e. The first kappa shape index (κ1) is 17.4. The van der Waals surface area contributed by atoms with Crippen molar-refractivity contribution >= 4 is 35.1 Å². The molecule has 112 valence electrons. The van der Waals surface area contributed by atoms with E-state index in [0.29, 0.717) is 0 Å². The summed E-state index contributed by atoms with van der Waals surface area (Å²) in [5, 5.41) is 0.496. The zero-order valence-electron chi connectivity index (χ0n) is 11.4. The molecule has 4 nitrogen and oxygen atoms in total. The predicted octanol–water partition coefficient (Wildman–Crippen LogP) is 3.63. The van der Waals surface area contributed by atoms with Gasteiger partial charge in [-0.05, 0) is 25.5 Å². The van der Waals surface area contributed by atoms with Crippen LogP contribution < -0.4 is 4.74 Å². The van der Waals surface area contributed by atoms with E-state index in [0.717, 1.165) is 0 Å². The Morgan fingerprint density at radius 1 is 1.24 bits per heavy atom. The highest BCUT2D eigenvalue weighted by molar-refractivity contribution is 6.37. The normalized spacial score (nSPS) is 11.3. The number of terminal acetylenes is 1. The van der Waals surface area contributed by atoms with Gasteiger partial charge in [-0.1, -0.05) is 35.2 Å². The SMILES string of the molecule is C#CC(C)OC(=O)CCCC(=O)Oc1c(Cl)cccc1Cl. The molecular weight excluding hydrogens is 315 g/mol. The molecule has 0 N–H and O–H groups in total. The number of carbonyl (C=O) groups is 2. The predicted molar refractivity (Wildman–Crippen MR) is 80.3 cm³/mol. The van der Waals surface area contributed by atoms with Gasteiger partial charge in [0.1, 0.15) is 0 Å². The Balaban J connectivity index is 2.39. The van der Waals surface area contributed by atoms with E-state index in [1.807, 2.05) is 0 Å². The van der Waals surface area contributed by atoms with E-state index < -0.39 is 18.0 Å². The van der Waals surface area contributed by atoms with Gasteiger partial charge in [0.2, 0.25) is 0 Å². The van der Waals surface area contributed by atoms with Crippen molar-refractivity contribution in [3.63, 3.8) is 0 Å². The maximum atomic E-state index is 11.7. The quantitative estimate of drug-likeness (QED) is 0.454. The van der Waals surface area contributed by atoms with Crippen LogP contribution in [0.2, 0.25) is 10.0 Å². The molecule has 0 fully saturated rings. The molecule has 0 aromatic heterocycles. The number of hydrogen-bond donors (Lipinski definition) is 0. The van der Waals surface area contributed by atoms with E-state index >= 15 is 0 Å². The van der Waals surface area contributed by atoms with Crippen molar-refractivity contribution in [2.75, 3.05) is 0 Å². The zero-order valence-corrected chi connectivity index (χ0v) is 12.9. The Morgan fingerprint density at radius 3 is 2.38 bits per heavy atom. The second-order valence-corrected chi connectivity index (χ2v) is 4.99. The molecule has 0 heterocycles. The molecule has 0 spiro atoms. The number of benzene rings is 1. The summed E-state index contributed by atoms with van der Waals surface area (Å²) in [5.74, 6) is 1.42. The minimum absolute atomic E-state index is 0.0427. The van der Waals surface area contributed by atoms with Gasteiger partial charge < -0.3 is 9.47 Å². The second kappa shape index (κ2) is 8.56. The lowest BCUT2D eigenvalue weighted by Gasteiger charge is -2.08. The van der Waals surface area contributed by atoms with Crippen LogP contribution in [0.4, 0.5) is 0 Å². The summed E-state index contributed by atoms with van der Waals surface area (Å²) in [7, 11) is 0. The molecule has 0 aliphatic heterocycles. The van der Waals surface area contributed by atoms with E-state index in [2.05, 4.69) is 5.92 Å². The van der Waals surface area contributed by atoms with Crippen molar-refractivity contribution in [3.8, 4) is 18.1 Å². The Morgan fingerprint density at radius 2 is 1.81 bits per heavy atom. The molecule has 21 heavy (non-hydrogen) atoms. The molecule has 1 rings (SSSR count). The summed E-state index contributed by atoms with van der Waals surface area (Å²) in [6, 6.07) is 4.77. The van der Waals surface area contributed by atoms with Crippen LogP contribution in [0.25, 0.3) is 0 Å². The lowest BCUT2D eigenvalue weighted by Crippen LogP contribution is -2.14. The van der Waals surface area contributed by atoms with Crippen LogP contribution in [0.1, 0.15) is 26.2 Å². The minimum atomic E-state index is -0.577. The van der Waals surface area contributed by atoms with Gasteiger partial charge in [0.05, 0.1) is 10.0 Å². The van der Waals surface area contributed by atoms with Gasteiger partial charge in [-0.25, -0.2) is 0 Å². The standard InChI is InChI=1S/C15H14Cl2O4/c1-3-10(2)20-13(18)8-5-9-14(19)21-15-11(16)6-4-7-12(15)17/h1,4,6-7,10H,5,8-9H2,2H3. The number of carbonyl (C=O) groups excluding carboxylic acids is 2. The van der Waals surface area contributed by atoms with Gasteiger partial charge >= 0.3 is 11.9 Å². The van der Waals surface area contributed by atoms with Crippen LogP contribution in [0.3, 0.4) is 0 Å². The second-order valence-electron chi connectivity index (χ2n) is 4.18. The summed E-state index contributed by atoms with van der Waals surface area (Å²) in [5.41, 5.74) is 0. The molecule has 0 radical (unpaired) electrons. The van der Waals surface area contributed by atoms with E-state index in [-0.39, 0.29) is 35.1 Å². The fourth-order valence-corrected chi connectivity index (χ4v) is 1.89. The average Bonchev–Trinajstić information content (AvgIpc) is 2.43. The first-order chi connectivity index (χ1) is 9.93. The fourth-order valence-electron chi connectivity index (χ4n) is 1.41. The molecule has 0 bridgehead atoms. The molecule has 0 aliphatic rings. The summed E-state index contributed by atoms with van der Waals surface area (Å²) in [6.45, 7) is 1.59. The number of esters is 2. The third kappa shape index (κ3) is 6.07. The van der Waals surface area contributed by atoms with Crippen LogP contribution in [0.5, 0.6) is 5.75 Å². The molecule has 1 unspecified atom stereocenters.